The van der Waals surface area contributed by atoms with Crippen LogP contribution in [-0.4, -0.2) is 20.7 Å². The Morgan fingerprint density at radius 3 is 2.66 bits per heavy atom. The molecule has 4 aromatic rings. The summed E-state index contributed by atoms with van der Waals surface area (Å²) in [5.74, 6) is -0.605. The summed E-state index contributed by atoms with van der Waals surface area (Å²) in [4.78, 5) is 16.6. The van der Waals surface area contributed by atoms with E-state index in [0.29, 0.717) is 16.1 Å². The van der Waals surface area contributed by atoms with Gasteiger partial charge < -0.3 is 9.26 Å². The summed E-state index contributed by atoms with van der Waals surface area (Å²) in [5.41, 5.74) is 1.09. The summed E-state index contributed by atoms with van der Waals surface area (Å²) in [6.45, 7) is -1.37. The van der Waals surface area contributed by atoms with Gasteiger partial charge >= 0.3 is 12.5 Å². The summed E-state index contributed by atoms with van der Waals surface area (Å²) >= 11 is 6.11. The second-order valence-electron chi connectivity index (χ2n) is 6.21. The molecule has 0 bridgehead atoms. The predicted octanol–water partition coefficient (Wildman–Crippen LogP) is 5.66. The fraction of sp³-hybridized carbons (Fsp3) is 0.150. The molecule has 6 nitrogen and oxygen atoms in total. The first-order chi connectivity index (χ1) is 14.0. The van der Waals surface area contributed by atoms with Gasteiger partial charge in [0, 0.05) is 11.6 Å². The molecule has 1 atom stereocenters. The third kappa shape index (κ3) is 3.58. The highest BCUT2D eigenvalue weighted by Gasteiger charge is 2.26. The van der Waals surface area contributed by atoms with E-state index in [1.807, 2.05) is 0 Å². The number of aromatic nitrogens is 3. The van der Waals surface area contributed by atoms with Gasteiger partial charge in [0.2, 0.25) is 0 Å². The Kier molecular flexibility index (Phi) is 5.02. The van der Waals surface area contributed by atoms with Crippen LogP contribution in [0.1, 0.15) is 35.9 Å². The number of benzene rings is 2. The van der Waals surface area contributed by atoms with E-state index in [1.54, 1.807) is 42.5 Å². The van der Waals surface area contributed by atoms with E-state index >= 15 is 0 Å². The van der Waals surface area contributed by atoms with Crippen LogP contribution in [0.5, 0.6) is 0 Å². The van der Waals surface area contributed by atoms with Crippen molar-refractivity contribution >= 4 is 28.6 Å². The Labute approximate surface area is 168 Å². The molecule has 0 saturated carbocycles. The lowest BCUT2D eigenvalue weighted by atomic mass is 10.1. The molecule has 29 heavy (non-hydrogen) atoms. The monoisotopic (exact) mass is 417 g/mol. The predicted molar refractivity (Wildman–Crippen MR) is 102 cm³/mol. The van der Waals surface area contributed by atoms with E-state index in [-0.39, 0.29) is 22.8 Å². The molecule has 0 radical (unpaired) electrons. The van der Waals surface area contributed by atoms with Gasteiger partial charge in [0.25, 0.3) is 0 Å². The first kappa shape index (κ1) is 19.1. The minimum atomic E-state index is -2.84. The number of carbonyl (C=O) groups is 1. The number of fused-ring (bicyclic) bond motifs is 1. The Morgan fingerprint density at radius 2 is 1.90 bits per heavy atom. The second kappa shape index (κ2) is 7.63. The van der Waals surface area contributed by atoms with Crippen molar-refractivity contribution in [1.29, 1.82) is 0 Å². The average molecular weight is 418 g/mol. The lowest BCUT2D eigenvalue weighted by Crippen LogP contribution is -2.14. The fourth-order valence-electron chi connectivity index (χ4n) is 2.99. The van der Waals surface area contributed by atoms with E-state index in [0.717, 1.165) is 4.57 Å². The number of para-hydroxylation sites is 2. The summed E-state index contributed by atoms with van der Waals surface area (Å²) in [6, 6.07) is 14.8. The average Bonchev–Trinajstić information content (AvgIpc) is 3.33. The Bertz CT molecular complexity index is 1190. The zero-order valence-electron chi connectivity index (χ0n) is 15.1. The molecule has 0 aliphatic carbocycles. The number of nitrogens with zero attached hydrogens (tertiary/aromatic N) is 3. The van der Waals surface area contributed by atoms with Gasteiger partial charge in [-0.2, -0.15) is 8.78 Å². The number of ether oxygens (including phenoxy) is 1. The van der Waals surface area contributed by atoms with E-state index in [2.05, 4.69) is 10.1 Å². The van der Waals surface area contributed by atoms with Crippen molar-refractivity contribution in [3.8, 4) is 11.3 Å². The maximum atomic E-state index is 13.6. The van der Waals surface area contributed by atoms with Gasteiger partial charge in [0.15, 0.2) is 23.4 Å². The van der Waals surface area contributed by atoms with Gasteiger partial charge in [-0.1, -0.05) is 41.0 Å². The first-order valence-corrected chi connectivity index (χ1v) is 9.01. The molecule has 0 unspecified atom stereocenters. The Balaban J connectivity index is 1.59. The second-order valence-corrected chi connectivity index (χ2v) is 6.62. The quantitative estimate of drug-likeness (QED) is 0.392. The van der Waals surface area contributed by atoms with Crippen LogP contribution < -0.4 is 0 Å². The standard InChI is InChI=1S/C20H14ClF2N3O3/c1-11(18-24-14-8-4-5-9-16(14)26(18)20(22)23)28-19(27)15-10-17(29-25-15)12-6-2-3-7-13(12)21/h2-11,20H,1H3/t11-/m1/s1. The lowest BCUT2D eigenvalue weighted by molar-refractivity contribution is 0.0223. The van der Waals surface area contributed by atoms with Crippen molar-refractivity contribution in [2.24, 2.45) is 0 Å². The van der Waals surface area contributed by atoms with Gasteiger partial charge in [-0.15, -0.1) is 0 Å². The van der Waals surface area contributed by atoms with Crippen LogP contribution in [0.15, 0.2) is 59.1 Å². The Hall–Kier alpha value is -3.26. The number of halogens is 3. The largest absolute Gasteiger partial charge is 0.450 e. The van der Waals surface area contributed by atoms with E-state index in [4.69, 9.17) is 20.9 Å². The van der Waals surface area contributed by atoms with Crippen molar-refractivity contribution in [2.75, 3.05) is 0 Å². The molecule has 0 fully saturated rings. The van der Waals surface area contributed by atoms with E-state index < -0.39 is 18.6 Å². The van der Waals surface area contributed by atoms with Crippen LogP contribution in [0, 0.1) is 0 Å². The summed E-state index contributed by atoms with van der Waals surface area (Å²) < 4.78 is 38.4. The zero-order chi connectivity index (χ0) is 20.5. The maximum absolute atomic E-state index is 13.6. The third-order valence-electron chi connectivity index (χ3n) is 4.32. The van der Waals surface area contributed by atoms with E-state index in [9.17, 15) is 13.6 Å². The van der Waals surface area contributed by atoms with Crippen molar-refractivity contribution in [3.63, 3.8) is 0 Å². The third-order valence-corrected chi connectivity index (χ3v) is 4.65. The lowest BCUT2D eigenvalue weighted by Gasteiger charge is -2.14. The summed E-state index contributed by atoms with van der Waals surface area (Å²) in [6.07, 6.45) is -1.04. The zero-order valence-corrected chi connectivity index (χ0v) is 15.8. The van der Waals surface area contributed by atoms with Crippen LogP contribution in [0.25, 0.3) is 22.4 Å². The van der Waals surface area contributed by atoms with Crippen molar-refractivity contribution in [3.05, 3.63) is 71.1 Å². The highest BCUT2D eigenvalue weighted by Crippen LogP contribution is 2.30. The molecule has 0 spiro atoms. The van der Waals surface area contributed by atoms with Crippen molar-refractivity contribution in [1.82, 2.24) is 14.7 Å². The molecule has 2 aromatic carbocycles. The number of imidazole rings is 1. The van der Waals surface area contributed by atoms with Crippen LogP contribution in [-0.2, 0) is 4.74 Å². The smallest absolute Gasteiger partial charge is 0.361 e. The summed E-state index contributed by atoms with van der Waals surface area (Å²) in [5, 5.41) is 4.13. The molecule has 0 N–H and O–H groups in total. The number of alkyl halides is 2. The van der Waals surface area contributed by atoms with Crippen LogP contribution in [0.2, 0.25) is 5.02 Å². The molecule has 0 aliphatic rings. The number of esters is 1. The molecule has 4 rings (SSSR count). The molecule has 148 valence electrons. The number of hydrogen-bond acceptors (Lipinski definition) is 5. The topological polar surface area (TPSA) is 70.2 Å². The maximum Gasteiger partial charge on any atom is 0.361 e. The molecule has 0 saturated heterocycles. The molecular formula is C20H14ClF2N3O3. The summed E-state index contributed by atoms with van der Waals surface area (Å²) in [7, 11) is 0. The van der Waals surface area contributed by atoms with Gasteiger partial charge in [0.05, 0.1) is 16.1 Å². The minimum absolute atomic E-state index is 0.0654. The first-order valence-electron chi connectivity index (χ1n) is 8.63. The Morgan fingerprint density at radius 1 is 1.17 bits per heavy atom. The van der Waals surface area contributed by atoms with Gasteiger partial charge in [0.1, 0.15) is 0 Å². The normalized spacial score (nSPS) is 12.4. The number of carbonyl (C=O) groups excluding carboxylic acids is 1. The molecule has 2 aromatic heterocycles. The van der Waals surface area contributed by atoms with Crippen LogP contribution in [0.4, 0.5) is 8.78 Å². The van der Waals surface area contributed by atoms with Crippen LogP contribution >= 0.6 is 11.6 Å². The SMILES string of the molecule is C[C@@H](OC(=O)c1cc(-c2ccccc2Cl)on1)c1nc2ccccc2n1C(F)F. The molecule has 9 heteroatoms. The van der Waals surface area contributed by atoms with Gasteiger partial charge in [-0.05, 0) is 31.2 Å². The molecular weight excluding hydrogens is 404 g/mol. The molecule has 0 aliphatic heterocycles. The van der Waals surface area contributed by atoms with Crippen molar-refractivity contribution < 1.29 is 22.8 Å². The number of rotatable bonds is 5. The fourth-order valence-corrected chi connectivity index (χ4v) is 3.22. The van der Waals surface area contributed by atoms with Crippen LogP contribution in [0.3, 0.4) is 0 Å². The van der Waals surface area contributed by atoms with E-state index in [1.165, 1.54) is 19.1 Å². The highest BCUT2D eigenvalue weighted by atomic mass is 35.5. The molecule has 2 heterocycles. The highest BCUT2D eigenvalue weighted by molar-refractivity contribution is 6.33. The minimum Gasteiger partial charge on any atom is -0.450 e. The number of hydrogen-bond donors (Lipinski definition) is 0. The van der Waals surface area contributed by atoms with Gasteiger partial charge in [-0.25, -0.2) is 9.78 Å². The van der Waals surface area contributed by atoms with Gasteiger partial charge in [-0.3, -0.25) is 4.57 Å². The molecule has 0 amide bonds. The van der Waals surface area contributed by atoms with Crippen molar-refractivity contribution in [2.45, 2.75) is 19.6 Å².